The second kappa shape index (κ2) is 8.91. The Balaban J connectivity index is 2.04. The molecule has 1 atom stereocenters. The Morgan fingerprint density at radius 2 is 1.47 bits per heavy atom. The highest BCUT2D eigenvalue weighted by molar-refractivity contribution is 5.94. The minimum absolute atomic E-state index is 0.0348. The van der Waals surface area contributed by atoms with Crippen molar-refractivity contribution in [3.63, 3.8) is 0 Å². The molecule has 3 aromatic rings. The summed E-state index contributed by atoms with van der Waals surface area (Å²) in [5, 5.41) is 4.28. The number of benzene rings is 1. The number of nitrogens with zero attached hydrogens (tertiary/aromatic N) is 7. The van der Waals surface area contributed by atoms with Crippen LogP contribution < -0.4 is 4.90 Å². The molecule has 0 N–H and O–H groups in total. The zero-order valence-electron chi connectivity index (χ0n) is 18.3. The SMILES string of the molecule is CC(c1nc(N(C)C)nn1-c1ncccn1)N(C)C(=O)c1cc(C(F)(F)F)cc(C(F)(F)F)c1. The zero-order chi connectivity index (χ0) is 25.4. The van der Waals surface area contributed by atoms with Crippen LogP contribution in [0.15, 0.2) is 36.7 Å². The number of rotatable bonds is 5. The number of halogens is 6. The largest absolute Gasteiger partial charge is 0.416 e. The van der Waals surface area contributed by atoms with E-state index in [1.54, 1.807) is 25.1 Å². The van der Waals surface area contributed by atoms with Crippen molar-refractivity contribution < 1.29 is 31.1 Å². The summed E-state index contributed by atoms with van der Waals surface area (Å²) < 4.78 is 80.5. The lowest BCUT2D eigenvalue weighted by molar-refractivity contribution is -0.143. The molecule has 0 saturated heterocycles. The fourth-order valence-electron chi connectivity index (χ4n) is 2.95. The minimum Gasteiger partial charge on any atom is -0.346 e. The van der Waals surface area contributed by atoms with E-state index in [2.05, 4.69) is 20.1 Å². The average molecular weight is 487 g/mol. The van der Waals surface area contributed by atoms with E-state index >= 15 is 0 Å². The number of anilines is 1. The Hall–Kier alpha value is -3.71. The standard InChI is InChI=1S/C20H19F6N7O/c1-11(15-29-18(31(2)3)30-33(15)17-27-6-5-7-28-17)32(4)16(34)12-8-13(19(21,22)23)10-14(9-12)20(24,25)26/h5-11H,1-4H3. The summed E-state index contributed by atoms with van der Waals surface area (Å²) in [7, 11) is 4.56. The van der Waals surface area contributed by atoms with Gasteiger partial charge in [-0.3, -0.25) is 4.79 Å². The molecular formula is C20H19F6N7O. The normalized spacial score (nSPS) is 13.0. The summed E-state index contributed by atoms with van der Waals surface area (Å²) in [6, 6.07) is 1.38. The zero-order valence-corrected chi connectivity index (χ0v) is 18.3. The molecule has 1 amide bonds. The van der Waals surface area contributed by atoms with E-state index in [-0.39, 0.29) is 23.8 Å². The molecule has 14 heteroatoms. The van der Waals surface area contributed by atoms with Gasteiger partial charge in [-0.25, -0.2) is 9.97 Å². The van der Waals surface area contributed by atoms with Gasteiger partial charge in [0.25, 0.3) is 11.9 Å². The lowest BCUT2D eigenvalue weighted by Gasteiger charge is -2.25. The van der Waals surface area contributed by atoms with Crippen molar-refractivity contribution in [1.82, 2.24) is 29.6 Å². The average Bonchev–Trinajstić information content (AvgIpc) is 3.22. The van der Waals surface area contributed by atoms with Gasteiger partial charge in [0, 0.05) is 39.1 Å². The quantitative estimate of drug-likeness (QED) is 0.507. The molecule has 2 heterocycles. The van der Waals surface area contributed by atoms with E-state index in [1.807, 2.05) is 0 Å². The van der Waals surface area contributed by atoms with Crippen molar-refractivity contribution in [2.24, 2.45) is 0 Å². The third kappa shape index (κ3) is 5.10. The molecule has 0 bridgehead atoms. The van der Waals surface area contributed by atoms with Gasteiger partial charge in [-0.1, -0.05) is 0 Å². The molecule has 34 heavy (non-hydrogen) atoms. The Kier molecular flexibility index (Phi) is 6.53. The van der Waals surface area contributed by atoms with Crippen LogP contribution in [0.2, 0.25) is 0 Å². The predicted octanol–water partition coefficient (Wildman–Crippen LogP) is 3.99. The maximum atomic E-state index is 13.2. The number of carbonyl (C=O) groups excluding carboxylic acids is 1. The van der Waals surface area contributed by atoms with Crippen molar-refractivity contribution in [1.29, 1.82) is 0 Å². The van der Waals surface area contributed by atoms with Crippen molar-refractivity contribution in [3.8, 4) is 5.95 Å². The Morgan fingerprint density at radius 1 is 0.941 bits per heavy atom. The van der Waals surface area contributed by atoms with E-state index in [1.165, 1.54) is 31.0 Å². The van der Waals surface area contributed by atoms with E-state index in [4.69, 9.17) is 0 Å². The van der Waals surface area contributed by atoms with Crippen LogP contribution in [0.25, 0.3) is 5.95 Å². The fraction of sp³-hybridized carbons (Fsp3) is 0.350. The van der Waals surface area contributed by atoms with Gasteiger partial charge in [0.05, 0.1) is 17.2 Å². The van der Waals surface area contributed by atoms with E-state index in [0.29, 0.717) is 12.1 Å². The first-order chi connectivity index (χ1) is 15.7. The van der Waals surface area contributed by atoms with E-state index < -0.39 is 41.0 Å². The Labute approximate surface area is 189 Å². The van der Waals surface area contributed by atoms with Gasteiger partial charge in [0.15, 0.2) is 5.82 Å². The Bertz CT molecular complexity index is 1140. The summed E-state index contributed by atoms with van der Waals surface area (Å²) in [5.74, 6) is -0.578. The van der Waals surface area contributed by atoms with Gasteiger partial charge in [-0.15, -0.1) is 5.10 Å². The van der Waals surface area contributed by atoms with E-state index in [0.717, 1.165) is 4.90 Å². The topological polar surface area (TPSA) is 80.0 Å². The molecule has 0 fully saturated rings. The number of carbonyl (C=O) groups is 1. The first-order valence-corrected chi connectivity index (χ1v) is 9.68. The number of alkyl halides is 6. The molecule has 0 aliphatic heterocycles. The van der Waals surface area contributed by atoms with Crippen LogP contribution in [0.3, 0.4) is 0 Å². The summed E-state index contributed by atoms with van der Waals surface area (Å²) in [6.07, 6.45) is -7.26. The number of aromatic nitrogens is 5. The number of amides is 1. The van der Waals surface area contributed by atoms with Gasteiger partial charge in [-0.05, 0) is 31.2 Å². The minimum atomic E-state index is -5.08. The van der Waals surface area contributed by atoms with Gasteiger partial charge in [0.1, 0.15) is 0 Å². The monoisotopic (exact) mass is 487 g/mol. The third-order valence-electron chi connectivity index (χ3n) is 4.87. The summed E-state index contributed by atoms with van der Waals surface area (Å²) in [6.45, 7) is 1.50. The van der Waals surface area contributed by atoms with Crippen molar-refractivity contribution in [2.45, 2.75) is 25.3 Å². The van der Waals surface area contributed by atoms with Crippen LogP contribution in [0.1, 0.15) is 40.3 Å². The summed E-state index contributed by atoms with van der Waals surface area (Å²) >= 11 is 0. The second-order valence-electron chi connectivity index (χ2n) is 7.51. The fourth-order valence-corrected chi connectivity index (χ4v) is 2.95. The van der Waals surface area contributed by atoms with Gasteiger partial charge < -0.3 is 9.80 Å². The van der Waals surface area contributed by atoms with Crippen LogP contribution in [-0.4, -0.2) is 56.7 Å². The molecule has 8 nitrogen and oxygen atoms in total. The molecular weight excluding hydrogens is 468 g/mol. The van der Waals surface area contributed by atoms with Crippen molar-refractivity contribution in [2.75, 3.05) is 26.0 Å². The summed E-state index contributed by atoms with van der Waals surface area (Å²) in [5.41, 5.74) is -3.93. The maximum absolute atomic E-state index is 13.2. The Morgan fingerprint density at radius 3 is 1.94 bits per heavy atom. The van der Waals surface area contributed by atoms with Gasteiger partial charge >= 0.3 is 12.4 Å². The highest BCUT2D eigenvalue weighted by Crippen LogP contribution is 2.37. The van der Waals surface area contributed by atoms with Gasteiger partial charge in [0.2, 0.25) is 5.95 Å². The van der Waals surface area contributed by atoms with Crippen LogP contribution in [0, 0.1) is 0 Å². The van der Waals surface area contributed by atoms with Crippen LogP contribution in [0.4, 0.5) is 32.3 Å². The molecule has 3 rings (SSSR count). The molecule has 0 saturated carbocycles. The predicted molar refractivity (Wildman–Crippen MR) is 108 cm³/mol. The molecule has 182 valence electrons. The van der Waals surface area contributed by atoms with Crippen LogP contribution >= 0.6 is 0 Å². The molecule has 0 aliphatic carbocycles. The van der Waals surface area contributed by atoms with E-state index in [9.17, 15) is 31.1 Å². The molecule has 1 aromatic carbocycles. The molecule has 1 unspecified atom stereocenters. The first kappa shape index (κ1) is 24.9. The molecule has 0 radical (unpaired) electrons. The molecule has 2 aromatic heterocycles. The van der Waals surface area contributed by atoms with Crippen molar-refractivity contribution in [3.05, 3.63) is 59.2 Å². The smallest absolute Gasteiger partial charge is 0.346 e. The second-order valence-corrected chi connectivity index (χ2v) is 7.51. The van der Waals surface area contributed by atoms with Crippen molar-refractivity contribution >= 4 is 11.9 Å². The molecule has 0 spiro atoms. The maximum Gasteiger partial charge on any atom is 0.416 e. The van der Waals surface area contributed by atoms with Gasteiger partial charge in [-0.2, -0.15) is 36.0 Å². The highest BCUT2D eigenvalue weighted by atomic mass is 19.4. The van der Waals surface area contributed by atoms with Crippen LogP contribution in [0.5, 0.6) is 0 Å². The highest BCUT2D eigenvalue weighted by Gasteiger charge is 2.38. The lowest BCUT2D eigenvalue weighted by Crippen LogP contribution is -2.32. The first-order valence-electron chi connectivity index (χ1n) is 9.68. The molecule has 0 aliphatic rings. The number of hydrogen-bond donors (Lipinski definition) is 0. The van der Waals surface area contributed by atoms with Crippen LogP contribution in [-0.2, 0) is 12.4 Å². The lowest BCUT2D eigenvalue weighted by atomic mass is 10.0. The number of hydrogen-bond acceptors (Lipinski definition) is 6. The summed E-state index contributed by atoms with van der Waals surface area (Å²) in [4.78, 5) is 28.0. The third-order valence-corrected chi connectivity index (χ3v) is 4.87.